The van der Waals surface area contributed by atoms with Crippen molar-refractivity contribution in [3.8, 4) is 0 Å². The van der Waals surface area contributed by atoms with Crippen molar-refractivity contribution in [1.82, 2.24) is 0 Å². The highest BCUT2D eigenvalue weighted by molar-refractivity contribution is 5.64. The van der Waals surface area contributed by atoms with Crippen LogP contribution in [-0.4, -0.2) is 14.1 Å². The number of rotatable bonds is 1. The summed E-state index contributed by atoms with van der Waals surface area (Å²) in [5.41, 5.74) is 2.98. The lowest BCUT2D eigenvalue weighted by atomic mass is 9.85. The minimum absolute atomic E-state index is 0.0325. The Hall–Kier alpha value is -1.49. The maximum Gasteiger partial charge on any atom is 0.192 e. The second-order valence-corrected chi connectivity index (χ2v) is 4.96. The van der Waals surface area contributed by atoms with E-state index in [4.69, 9.17) is 6.57 Å². The number of hydrogen-bond donors (Lipinski definition) is 0. The molecule has 0 aliphatic heterocycles. The van der Waals surface area contributed by atoms with E-state index in [-0.39, 0.29) is 5.41 Å². The Labute approximate surface area is 92.3 Å². The van der Waals surface area contributed by atoms with E-state index in [0.717, 1.165) is 16.9 Å². The number of anilines is 1. The first-order valence-electron chi connectivity index (χ1n) is 5.05. The third-order valence-corrected chi connectivity index (χ3v) is 2.43. The van der Waals surface area contributed by atoms with E-state index in [0.29, 0.717) is 0 Å². The van der Waals surface area contributed by atoms with Crippen LogP contribution < -0.4 is 4.90 Å². The fourth-order valence-corrected chi connectivity index (χ4v) is 1.52. The van der Waals surface area contributed by atoms with Crippen LogP contribution in [0.15, 0.2) is 18.2 Å². The minimum atomic E-state index is 0.0325. The molecule has 0 radical (unpaired) electrons. The van der Waals surface area contributed by atoms with Crippen molar-refractivity contribution in [2.75, 3.05) is 19.0 Å². The van der Waals surface area contributed by atoms with Crippen LogP contribution in [0.5, 0.6) is 0 Å². The summed E-state index contributed by atoms with van der Waals surface area (Å²) >= 11 is 0. The van der Waals surface area contributed by atoms with E-state index in [1.807, 2.05) is 25.1 Å². The molecule has 0 spiro atoms. The van der Waals surface area contributed by atoms with Gasteiger partial charge in [-0.25, -0.2) is 4.85 Å². The predicted molar refractivity (Wildman–Crippen MR) is 65.7 cm³/mol. The van der Waals surface area contributed by atoms with Crippen molar-refractivity contribution >= 4 is 11.4 Å². The van der Waals surface area contributed by atoms with Gasteiger partial charge in [0.15, 0.2) is 5.69 Å². The second-order valence-electron chi connectivity index (χ2n) is 4.96. The van der Waals surface area contributed by atoms with Gasteiger partial charge in [0.25, 0.3) is 0 Å². The molecule has 0 aromatic heterocycles. The Morgan fingerprint density at radius 1 is 1.20 bits per heavy atom. The van der Waals surface area contributed by atoms with Crippen molar-refractivity contribution < 1.29 is 0 Å². The summed E-state index contributed by atoms with van der Waals surface area (Å²) in [6.07, 6.45) is 0. The zero-order valence-electron chi connectivity index (χ0n) is 10.1. The van der Waals surface area contributed by atoms with Crippen LogP contribution in [0.4, 0.5) is 11.4 Å². The molecule has 0 N–H and O–H groups in total. The Morgan fingerprint density at radius 2 is 1.80 bits per heavy atom. The molecule has 0 unspecified atom stereocenters. The van der Waals surface area contributed by atoms with Gasteiger partial charge < -0.3 is 4.90 Å². The van der Waals surface area contributed by atoms with E-state index in [9.17, 15) is 0 Å². The monoisotopic (exact) mass is 202 g/mol. The largest absolute Gasteiger partial charge is 0.379 e. The molecule has 2 nitrogen and oxygen atoms in total. The molecule has 0 amide bonds. The van der Waals surface area contributed by atoms with Crippen LogP contribution >= 0.6 is 0 Å². The molecule has 15 heavy (non-hydrogen) atoms. The fourth-order valence-electron chi connectivity index (χ4n) is 1.52. The molecule has 2 heteroatoms. The van der Waals surface area contributed by atoms with Crippen LogP contribution in [-0.2, 0) is 5.41 Å². The summed E-state index contributed by atoms with van der Waals surface area (Å²) in [6.45, 7) is 13.6. The third-order valence-electron chi connectivity index (χ3n) is 2.43. The van der Waals surface area contributed by atoms with E-state index in [1.165, 1.54) is 0 Å². The summed E-state index contributed by atoms with van der Waals surface area (Å²) in [4.78, 5) is 5.62. The summed E-state index contributed by atoms with van der Waals surface area (Å²) in [6, 6.07) is 6.07. The number of nitrogens with zero attached hydrogens (tertiary/aromatic N) is 2. The van der Waals surface area contributed by atoms with Crippen LogP contribution in [0.2, 0.25) is 0 Å². The van der Waals surface area contributed by atoms with Crippen molar-refractivity contribution in [3.05, 3.63) is 35.2 Å². The van der Waals surface area contributed by atoms with Crippen LogP contribution in [0, 0.1) is 6.57 Å². The van der Waals surface area contributed by atoms with Gasteiger partial charge in [0, 0.05) is 19.8 Å². The number of hydrogen-bond acceptors (Lipinski definition) is 1. The standard InChI is InChI=1S/C13H18N2/c1-13(2,3)11-8-7-10(15(5)6)9-12(11)14-4/h7-9H,1-3,5-6H3. The summed E-state index contributed by atoms with van der Waals surface area (Å²) in [5.74, 6) is 0. The topological polar surface area (TPSA) is 7.60 Å². The van der Waals surface area contributed by atoms with E-state index in [1.54, 1.807) is 0 Å². The average Bonchev–Trinajstić information content (AvgIpc) is 2.15. The molecule has 0 saturated carbocycles. The van der Waals surface area contributed by atoms with Gasteiger partial charge in [0.2, 0.25) is 0 Å². The number of benzene rings is 1. The molecule has 80 valence electrons. The van der Waals surface area contributed by atoms with Crippen LogP contribution in [0.3, 0.4) is 0 Å². The lowest BCUT2D eigenvalue weighted by molar-refractivity contribution is 0.593. The van der Waals surface area contributed by atoms with Crippen molar-refractivity contribution in [2.24, 2.45) is 0 Å². The van der Waals surface area contributed by atoms with Crippen molar-refractivity contribution in [1.29, 1.82) is 0 Å². The zero-order valence-corrected chi connectivity index (χ0v) is 10.1. The van der Waals surface area contributed by atoms with Crippen molar-refractivity contribution in [2.45, 2.75) is 26.2 Å². The first-order chi connectivity index (χ1) is 6.86. The normalized spacial score (nSPS) is 10.9. The van der Waals surface area contributed by atoms with Gasteiger partial charge in [0.05, 0.1) is 6.57 Å². The molecule has 0 fully saturated rings. The Bertz CT molecular complexity index is 392. The molecule has 0 saturated heterocycles. The first kappa shape index (κ1) is 11.6. The predicted octanol–water partition coefficient (Wildman–Crippen LogP) is 3.60. The lowest BCUT2D eigenvalue weighted by Gasteiger charge is -2.22. The van der Waals surface area contributed by atoms with Crippen LogP contribution in [0.25, 0.3) is 4.85 Å². The molecular formula is C13H18N2. The molecule has 1 aromatic carbocycles. The summed E-state index contributed by atoms with van der Waals surface area (Å²) in [7, 11) is 3.97. The van der Waals surface area contributed by atoms with Gasteiger partial charge in [-0.1, -0.05) is 26.8 Å². The minimum Gasteiger partial charge on any atom is -0.379 e. The average molecular weight is 202 g/mol. The Kier molecular flexibility index (Phi) is 3.04. The van der Waals surface area contributed by atoms with Crippen molar-refractivity contribution in [3.63, 3.8) is 0 Å². The molecule has 1 rings (SSSR count). The van der Waals surface area contributed by atoms with E-state index < -0.39 is 0 Å². The highest BCUT2D eigenvalue weighted by Crippen LogP contribution is 2.34. The molecule has 1 aromatic rings. The second kappa shape index (κ2) is 3.94. The molecule has 0 bridgehead atoms. The first-order valence-corrected chi connectivity index (χ1v) is 5.05. The highest BCUT2D eigenvalue weighted by Gasteiger charge is 2.18. The summed E-state index contributed by atoms with van der Waals surface area (Å²) in [5, 5.41) is 0. The van der Waals surface area contributed by atoms with E-state index in [2.05, 4.69) is 37.7 Å². The third kappa shape index (κ3) is 2.50. The quantitative estimate of drug-likeness (QED) is 0.631. The smallest absolute Gasteiger partial charge is 0.192 e. The molecule has 0 aliphatic rings. The zero-order chi connectivity index (χ0) is 11.6. The SMILES string of the molecule is [C-]#[N+]c1cc(N(C)C)ccc1C(C)(C)C. The maximum absolute atomic E-state index is 7.21. The Balaban J connectivity index is 3.29. The molecule has 0 aliphatic carbocycles. The van der Waals surface area contributed by atoms with Gasteiger partial charge in [-0.15, -0.1) is 0 Å². The molecule has 0 heterocycles. The van der Waals surface area contributed by atoms with Gasteiger partial charge in [0.1, 0.15) is 0 Å². The lowest BCUT2D eigenvalue weighted by Crippen LogP contribution is -2.13. The van der Waals surface area contributed by atoms with Gasteiger partial charge >= 0.3 is 0 Å². The highest BCUT2D eigenvalue weighted by atomic mass is 15.1. The molecular weight excluding hydrogens is 184 g/mol. The fraction of sp³-hybridized carbons (Fsp3) is 0.462. The Morgan fingerprint density at radius 3 is 2.20 bits per heavy atom. The van der Waals surface area contributed by atoms with E-state index >= 15 is 0 Å². The summed E-state index contributed by atoms with van der Waals surface area (Å²) < 4.78 is 0. The van der Waals surface area contributed by atoms with Crippen LogP contribution in [0.1, 0.15) is 26.3 Å². The van der Waals surface area contributed by atoms with Gasteiger partial charge in [-0.05, 0) is 23.1 Å². The molecule has 0 atom stereocenters. The maximum atomic E-state index is 7.21. The van der Waals surface area contributed by atoms with Gasteiger partial charge in [-0.2, -0.15) is 0 Å². The van der Waals surface area contributed by atoms with Gasteiger partial charge in [-0.3, -0.25) is 0 Å².